The molecule has 0 aliphatic carbocycles. The van der Waals surface area contributed by atoms with Crippen molar-refractivity contribution in [2.45, 2.75) is 12.3 Å². The lowest BCUT2D eigenvalue weighted by Gasteiger charge is -2.22. The summed E-state index contributed by atoms with van der Waals surface area (Å²) in [6, 6.07) is 7.00. The maximum Gasteiger partial charge on any atom is 0.306 e. The third kappa shape index (κ3) is 4.63. The smallest absolute Gasteiger partial charge is 0.306 e. The van der Waals surface area contributed by atoms with Crippen LogP contribution in [0.1, 0.15) is 23.5 Å². The summed E-state index contributed by atoms with van der Waals surface area (Å²) in [6.45, 7) is 0. The van der Waals surface area contributed by atoms with Crippen LogP contribution in [0.4, 0.5) is 0 Å². The second kappa shape index (κ2) is 10.2. The normalized spacial score (nSPS) is 11.8. The summed E-state index contributed by atoms with van der Waals surface area (Å²) in [5.41, 5.74) is -1.38. The van der Waals surface area contributed by atoms with E-state index in [1.165, 1.54) is 32.4 Å². The Morgan fingerprint density at radius 3 is 2.03 bits per heavy atom. The molecule has 6 N–H and O–H groups in total. The molecular weight excluding hydrogens is 516 g/mol. The molecule has 4 aromatic rings. The third-order valence-corrected chi connectivity index (χ3v) is 6.23. The Balaban J connectivity index is 2.12. The molecular formula is C27H24O12. The third-order valence-electron chi connectivity index (χ3n) is 6.23. The molecule has 204 valence electrons. The fourth-order valence-corrected chi connectivity index (χ4v) is 4.29. The first-order chi connectivity index (χ1) is 18.5. The summed E-state index contributed by atoms with van der Waals surface area (Å²) >= 11 is 0. The number of carbonyl (C=O) groups excluding carboxylic acids is 1. The number of methoxy groups -OCH3 is 3. The van der Waals surface area contributed by atoms with E-state index < -0.39 is 69.2 Å². The highest BCUT2D eigenvalue weighted by atomic mass is 16.5. The zero-order valence-corrected chi connectivity index (χ0v) is 20.9. The van der Waals surface area contributed by atoms with Gasteiger partial charge in [0.1, 0.15) is 22.5 Å². The Morgan fingerprint density at radius 2 is 1.46 bits per heavy atom. The molecule has 39 heavy (non-hydrogen) atoms. The highest BCUT2D eigenvalue weighted by Gasteiger charge is 2.31. The predicted molar refractivity (Wildman–Crippen MR) is 136 cm³/mol. The quantitative estimate of drug-likeness (QED) is 0.148. The van der Waals surface area contributed by atoms with Crippen LogP contribution in [0.15, 0.2) is 45.6 Å². The number of phenolic OH excluding ortho intramolecular Hbond substituents is 5. The van der Waals surface area contributed by atoms with Crippen LogP contribution in [-0.4, -0.2) is 57.9 Å². The molecule has 3 aromatic carbocycles. The van der Waals surface area contributed by atoms with E-state index in [0.717, 1.165) is 25.3 Å². The zero-order chi connectivity index (χ0) is 28.6. The number of hydrogen-bond acceptors (Lipinski definition) is 12. The minimum Gasteiger partial charge on any atom is -0.507 e. The zero-order valence-electron chi connectivity index (χ0n) is 20.9. The second-order valence-electron chi connectivity index (χ2n) is 8.45. The SMILES string of the molecule is COC(=O)C[C@@H](c1cc(OC)c(O)c(OC)c1)c1c(O)cc(O)c2c(=O)c(O)c(-c3ccc(O)c(O)c3)oc12. The molecule has 12 heteroatoms. The standard InChI is InChI=1S/C27H24O12/c1-36-18-7-12(8-19(37-2)23(18)33)13(9-20(32)38-3)21-16(30)10-17(31)22-24(34)25(35)26(39-27(21)22)11-4-5-14(28)15(29)6-11/h4-8,10,13,28-31,33,35H,9H2,1-3H3/t13-/m0/s1. The highest BCUT2D eigenvalue weighted by molar-refractivity contribution is 5.92. The van der Waals surface area contributed by atoms with Crippen LogP contribution in [0.3, 0.4) is 0 Å². The van der Waals surface area contributed by atoms with Crippen LogP contribution in [0.5, 0.6) is 46.0 Å². The van der Waals surface area contributed by atoms with Crippen LogP contribution in [0.25, 0.3) is 22.3 Å². The first-order valence-corrected chi connectivity index (χ1v) is 11.3. The van der Waals surface area contributed by atoms with Crippen molar-refractivity contribution in [1.29, 1.82) is 0 Å². The lowest BCUT2D eigenvalue weighted by Crippen LogP contribution is -2.13. The van der Waals surface area contributed by atoms with E-state index in [1.54, 1.807) is 0 Å². The number of esters is 1. The monoisotopic (exact) mass is 540 g/mol. The van der Waals surface area contributed by atoms with E-state index >= 15 is 0 Å². The summed E-state index contributed by atoms with van der Waals surface area (Å²) in [6.07, 6.45) is -0.416. The molecule has 0 amide bonds. The molecule has 0 aliphatic heterocycles. The van der Waals surface area contributed by atoms with Gasteiger partial charge in [0.05, 0.1) is 27.8 Å². The first kappa shape index (κ1) is 26.8. The predicted octanol–water partition coefficient (Wildman–Crippen LogP) is 3.41. The van der Waals surface area contributed by atoms with E-state index in [9.17, 15) is 40.2 Å². The maximum atomic E-state index is 13.2. The van der Waals surface area contributed by atoms with Gasteiger partial charge in [0, 0.05) is 23.1 Å². The van der Waals surface area contributed by atoms with Gasteiger partial charge in [0.25, 0.3) is 0 Å². The summed E-state index contributed by atoms with van der Waals surface area (Å²) in [4.78, 5) is 25.7. The van der Waals surface area contributed by atoms with Gasteiger partial charge in [-0.1, -0.05) is 0 Å². The number of carbonyl (C=O) groups is 1. The first-order valence-electron chi connectivity index (χ1n) is 11.3. The largest absolute Gasteiger partial charge is 0.507 e. The minimum atomic E-state index is -1.13. The Morgan fingerprint density at radius 1 is 0.821 bits per heavy atom. The average molecular weight is 540 g/mol. The van der Waals surface area contributed by atoms with Gasteiger partial charge in [0.15, 0.2) is 28.8 Å². The lowest BCUT2D eigenvalue weighted by molar-refractivity contribution is -0.140. The fraction of sp³-hybridized carbons (Fsp3) is 0.185. The van der Waals surface area contributed by atoms with E-state index in [-0.39, 0.29) is 33.9 Å². The number of aromatic hydroxyl groups is 6. The summed E-state index contributed by atoms with van der Waals surface area (Å²) in [5.74, 6) is -5.93. The molecule has 0 radical (unpaired) electrons. The van der Waals surface area contributed by atoms with Gasteiger partial charge in [-0.05, 0) is 35.9 Å². The Labute approximate surface area is 220 Å². The number of hydrogen-bond donors (Lipinski definition) is 6. The highest BCUT2D eigenvalue weighted by Crippen LogP contribution is 2.47. The number of ether oxygens (including phenoxy) is 3. The number of fused-ring (bicyclic) bond motifs is 1. The van der Waals surface area contributed by atoms with Crippen LogP contribution in [0, 0.1) is 0 Å². The second-order valence-corrected chi connectivity index (χ2v) is 8.45. The molecule has 1 atom stereocenters. The van der Waals surface area contributed by atoms with Gasteiger partial charge in [-0.15, -0.1) is 0 Å². The van der Waals surface area contributed by atoms with Crippen molar-refractivity contribution in [1.82, 2.24) is 0 Å². The molecule has 1 heterocycles. The van der Waals surface area contributed by atoms with Gasteiger partial charge < -0.3 is 49.3 Å². The molecule has 1 aromatic heterocycles. The topological polar surface area (TPSA) is 196 Å². The van der Waals surface area contributed by atoms with Gasteiger partial charge in [-0.2, -0.15) is 0 Å². The van der Waals surface area contributed by atoms with Gasteiger partial charge in [-0.25, -0.2) is 0 Å². The van der Waals surface area contributed by atoms with Crippen molar-refractivity contribution in [2.75, 3.05) is 21.3 Å². The molecule has 0 bridgehead atoms. The number of benzene rings is 3. The molecule has 0 unspecified atom stereocenters. The lowest BCUT2D eigenvalue weighted by atomic mass is 9.86. The molecule has 0 fully saturated rings. The van der Waals surface area contributed by atoms with E-state index in [0.29, 0.717) is 0 Å². The van der Waals surface area contributed by atoms with Crippen molar-refractivity contribution in [3.05, 3.63) is 57.7 Å². The van der Waals surface area contributed by atoms with Gasteiger partial charge >= 0.3 is 5.97 Å². The van der Waals surface area contributed by atoms with E-state index in [2.05, 4.69) is 0 Å². The summed E-state index contributed by atoms with van der Waals surface area (Å²) in [7, 11) is 3.74. The van der Waals surface area contributed by atoms with Crippen molar-refractivity contribution in [3.63, 3.8) is 0 Å². The molecule has 0 saturated carbocycles. The van der Waals surface area contributed by atoms with E-state index in [1.807, 2.05) is 0 Å². The molecule has 0 spiro atoms. The van der Waals surface area contributed by atoms with Crippen molar-refractivity contribution in [2.24, 2.45) is 0 Å². The van der Waals surface area contributed by atoms with Crippen LogP contribution >= 0.6 is 0 Å². The van der Waals surface area contributed by atoms with Crippen LogP contribution in [0.2, 0.25) is 0 Å². The molecule has 4 rings (SSSR count). The Hall–Kier alpha value is -5.26. The number of rotatable bonds is 7. The summed E-state index contributed by atoms with van der Waals surface area (Å²) < 4.78 is 21.1. The molecule has 0 saturated heterocycles. The van der Waals surface area contributed by atoms with Crippen LogP contribution < -0.4 is 14.9 Å². The Bertz CT molecular complexity index is 1630. The van der Waals surface area contributed by atoms with Gasteiger partial charge in [-0.3, -0.25) is 9.59 Å². The average Bonchev–Trinajstić information content (AvgIpc) is 2.91. The fourth-order valence-electron chi connectivity index (χ4n) is 4.29. The maximum absolute atomic E-state index is 13.2. The van der Waals surface area contributed by atoms with Crippen molar-refractivity contribution >= 4 is 16.9 Å². The van der Waals surface area contributed by atoms with Crippen LogP contribution in [-0.2, 0) is 9.53 Å². The molecule has 12 nitrogen and oxygen atoms in total. The summed E-state index contributed by atoms with van der Waals surface area (Å²) in [5, 5.41) is 61.6. The molecule has 0 aliphatic rings. The van der Waals surface area contributed by atoms with E-state index in [4.69, 9.17) is 18.6 Å². The Kier molecular flexibility index (Phi) is 7.04. The van der Waals surface area contributed by atoms with Crippen molar-refractivity contribution in [3.8, 4) is 57.3 Å². The number of phenols is 5. The van der Waals surface area contributed by atoms with Crippen molar-refractivity contribution < 1.29 is 54.1 Å². The van der Waals surface area contributed by atoms with Gasteiger partial charge in [0.2, 0.25) is 16.9 Å². The minimum absolute atomic E-state index is 0.0203.